The minimum Gasteiger partial charge on any atom is -0.478 e. The third-order valence-electron chi connectivity index (χ3n) is 7.12. The fourth-order valence-corrected chi connectivity index (χ4v) is 5.30. The summed E-state index contributed by atoms with van der Waals surface area (Å²) in [4.78, 5) is 36.7. The lowest BCUT2D eigenvalue weighted by molar-refractivity contribution is 0.0693. The molecule has 1 aromatic heterocycles. The standard InChI is InChI=1S/C23H28N4O4/c28-20-18-5-6-23(19(18)24-22(25-20)27-11-13-31-14-12-27)7-9-26(10-8-23)15-16-3-1-2-4-17(16)21(29)30/h1-4H,5-15H2,(H,29,30)(H,24,25,28). The molecule has 1 aromatic carbocycles. The number of benzene rings is 1. The molecule has 0 bridgehead atoms. The molecule has 2 aromatic rings. The zero-order valence-corrected chi connectivity index (χ0v) is 17.6. The molecule has 1 aliphatic carbocycles. The Morgan fingerprint density at radius 3 is 2.61 bits per heavy atom. The van der Waals surface area contributed by atoms with Gasteiger partial charge in [-0.25, -0.2) is 9.78 Å². The van der Waals surface area contributed by atoms with Crippen molar-refractivity contribution < 1.29 is 14.6 Å². The molecule has 0 radical (unpaired) electrons. The first kappa shape index (κ1) is 20.2. The Hall–Kier alpha value is -2.71. The summed E-state index contributed by atoms with van der Waals surface area (Å²) < 4.78 is 5.43. The number of aromatic amines is 1. The minimum atomic E-state index is -0.882. The zero-order chi connectivity index (χ0) is 21.4. The van der Waals surface area contributed by atoms with Gasteiger partial charge in [0.2, 0.25) is 5.95 Å². The number of carbonyl (C=O) groups is 1. The molecule has 8 nitrogen and oxygen atoms in total. The number of anilines is 1. The Morgan fingerprint density at radius 1 is 1.13 bits per heavy atom. The second-order valence-electron chi connectivity index (χ2n) is 8.83. The summed E-state index contributed by atoms with van der Waals surface area (Å²) in [5, 5.41) is 9.46. The number of rotatable bonds is 4. The lowest BCUT2D eigenvalue weighted by Crippen LogP contribution is -2.43. The van der Waals surface area contributed by atoms with Crippen LogP contribution in [0.1, 0.15) is 46.4 Å². The zero-order valence-electron chi connectivity index (χ0n) is 17.6. The van der Waals surface area contributed by atoms with Gasteiger partial charge in [-0.05, 0) is 50.4 Å². The molecule has 8 heteroatoms. The SMILES string of the molecule is O=C(O)c1ccccc1CN1CCC2(CCc3c2nc(N2CCOCC2)[nH]c3=O)CC1. The van der Waals surface area contributed by atoms with Crippen LogP contribution in [0, 0.1) is 0 Å². The summed E-state index contributed by atoms with van der Waals surface area (Å²) in [7, 11) is 0. The summed E-state index contributed by atoms with van der Waals surface area (Å²) in [6, 6.07) is 7.22. The van der Waals surface area contributed by atoms with Crippen LogP contribution in [0.25, 0.3) is 0 Å². The number of likely N-dealkylation sites (tertiary alicyclic amines) is 1. The first-order chi connectivity index (χ1) is 15.1. The Labute approximate surface area is 180 Å². The van der Waals surface area contributed by atoms with Gasteiger partial charge >= 0.3 is 5.97 Å². The summed E-state index contributed by atoms with van der Waals surface area (Å²) in [5.41, 5.74) is 3.01. The van der Waals surface area contributed by atoms with Crippen molar-refractivity contribution in [2.24, 2.45) is 0 Å². The largest absolute Gasteiger partial charge is 0.478 e. The van der Waals surface area contributed by atoms with E-state index in [-0.39, 0.29) is 11.0 Å². The molecule has 0 saturated carbocycles. The van der Waals surface area contributed by atoms with Crippen LogP contribution in [0.15, 0.2) is 29.1 Å². The van der Waals surface area contributed by atoms with E-state index in [1.165, 1.54) is 0 Å². The number of nitrogens with one attached hydrogen (secondary N) is 1. The highest BCUT2D eigenvalue weighted by Crippen LogP contribution is 2.44. The number of fused-ring (bicyclic) bond motifs is 2. The first-order valence-electron chi connectivity index (χ1n) is 11.1. The van der Waals surface area contributed by atoms with E-state index in [0.29, 0.717) is 31.3 Å². The van der Waals surface area contributed by atoms with Gasteiger partial charge in [-0.15, -0.1) is 0 Å². The van der Waals surface area contributed by atoms with Crippen molar-refractivity contribution >= 4 is 11.9 Å². The van der Waals surface area contributed by atoms with Crippen LogP contribution in [-0.2, 0) is 23.1 Å². The van der Waals surface area contributed by atoms with Crippen LogP contribution >= 0.6 is 0 Å². The molecule has 0 atom stereocenters. The van der Waals surface area contributed by atoms with Gasteiger partial charge in [-0.3, -0.25) is 14.7 Å². The van der Waals surface area contributed by atoms with E-state index in [9.17, 15) is 14.7 Å². The van der Waals surface area contributed by atoms with E-state index in [1.54, 1.807) is 12.1 Å². The van der Waals surface area contributed by atoms with Crippen molar-refractivity contribution in [1.82, 2.24) is 14.9 Å². The van der Waals surface area contributed by atoms with Crippen LogP contribution in [0.2, 0.25) is 0 Å². The fraction of sp³-hybridized carbons (Fsp3) is 0.522. The smallest absolute Gasteiger partial charge is 0.336 e. The van der Waals surface area contributed by atoms with Crippen molar-refractivity contribution in [3.05, 3.63) is 57.0 Å². The summed E-state index contributed by atoms with van der Waals surface area (Å²) in [6.07, 6.45) is 3.62. The van der Waals surface area contributed by atoms with Gasteiger partial charge in [0, 0.05) is 30.6 Å². The highest BCUT2D eigenvalue weighted by Gasteiger charge is 2.44. The van der Waals surface area contributed by atoms with E-state index in [4.69, 9.17) is 9.72 Å². The van der Waals surface area contributed by atoms with E-state index in [2.05, 4.69) is 14.8 Å². The van der Waals surface area contributed by atoms with Gasteiger partial charge in [0.1, 0.15) is 0 Å². The van der Waals surface area contributed by atoms with Crippen molar-refractivity contribution in [1.29, 1.82) is 0 Å². The molecule has 2 N–H and O–H groups in total. The Bertz CT molecular complexity index is 1040. The third kappa shape index (κ3) is 3.74. The number of morpholine rings is 1. The van der Waals surface area contributed by atoms with Crippen LogP contribution in [0.3, 0.4) is 0 Å². The van der Waals surface area contributed by atoms with E-state index < -0.39 is 5.97 Å². The van der Waals surface area contributed by atoms with Crippen molar-refractivity contribution in [3.8, 4) is 0 Å². The lowest BCUT2D eigenvalue weighted by Gasteiger charge is -2.40. The molecule has 2 fully saturated rings. The summed E-state index contributed by atoms with van der Waals surface area (Å²) in [6.45, 7) is 5.16. The predicted molar refractivity (Wildman–Crippen MR) is 116 cm³/mol. The van der Waals surface area contributed by atoms with Crippen LogP contribution < -0.4 is 10.5 Å². The topological polar surface area (TPSA) is 98.8 Å². The maximum Gasteiger partial charge on any atom is 0.336 e. The molecular weight excluding hydrogens is 396 g/mol. The number of carboxylic acids is 1. The maximum absolute atomic E-state index is 12.8. The van der Waals surface area contributed by atoms with E-state index in [0.717, 1.165) is 68.7 Å². The average molecular weight is 425 g/mol. The van der Waals surface area contributed by atoms with Gasteiger partial charge in [-0.2, -0.15) is 0 Å². The molecule has 0 amide bonds. The fourth-order valence-electron chi connectivity index (χ4n) is 5.30. The molecule has 31 heavy (non-hydrogen) atoms. The molecular formula is C23H28N4O4. The number of H-pyrrole nitrogens is 1. The number of ether oxygens (including phenoxy) is 1. The number of hydrogen-bond acceptors (Lipinski definition) is 6. The monoisotopic (exact) mass is 424 g/mol. The highest BCUT2D eigenvalue weighted by atomic mass is 16.5. The number of carboxylic acid groups (broad SMARTS) is 1. The molecule has 164 valence electrons. The van der Waals surface area contributed by atoms with Gasteiger partial charge < -0.3 is 14.7 Å². The second-order valence-corrected chi connectivity index (χ2v) is 8.83. The predicted octanol–water partition coefficient (Wildman–Crippen LogP) is 1.78. The van der Waals surface area contributed by atoms with Gasteiger partial charge in [0.05, 0.1) is 24.5 Å². The van der Waals surface area contributed by atoms with Gasteiger partial charge in [-0.1, -0.05) is 18.2 Å². The second kappa shape index (κ2) is 8.09. The molecule has 0 unspecified atom stereocenters. The Balaban J connectivity index is 1.34. The van der Waals surface area contributed by atoms with Crippen molar-refractivity contribution in [2.75, 3.05) is 44.3 Å². The molecule has 2 aliphatic heterocycles. The van der Waals surface area contributed by atoms with Crippen molar-refractivity contribution in [3.63, 3.8) is 0 Å². The molecule has 3 heterocycles. The Morgan fingerprint density at radius 2 is 1.87 bits per heavy atom. The van der Waals surface area contributed by atoms with E-state index in [1.807, 2.05) is 12.1 Å². The number of hydrogen-bond donors (Lipinski definition) is 2. The lowest BCUT2D eigenvalue weighted by atomic mass is 9.76. The normalized spacial score (nSPS) is 20.7. The number of aromatic nitrogens is 2. The van der Waals surface area contributed by atoms with Crippen LogP contribution in [0.5, 0.6) is 0 Å². The molecule has 3 aliphatic rings. The molecule has 2 saturated heterocycles. The van der Waals surface area contributed by atoms with Gasteiger partial charge in [0.15, 0.2) is 0 Å². The number of nitrogens with zero attached hydrogens (tertiary/aromatic N) is 3. The highest BCUT2D eigenvalue weighted by molar-refractivity contribution is 5.89. The van der Waals surface area contributed by atoms with Crippen molar-refractivity contribution in [2.45, 2.75) is 37.6 Å². The Kier molecular flexibility index (Phi) is 5.27. The minimum absolute atomic E-state index is 0.00109. The summed E-state index contributed by atoms with van der Waals surface area (Å²) >= 11 is 0. The molecule has 1 spiro atoms. The number of aromatic carboxylic acids is 1. The van der Waals surface area contributed by atoms with Crippen LogP contribution in [0.4, 0.5) is 5.95 Å². The third-order valence-corrected chi connectivity index (χ3v) is 7.12. The summed E-state index contributed by atoms with van der Waals surface area (Å²) in [5.74, 6) is -0.209. The maximum atomic E-state index is 12.8. The van der Waals surface area contributed by atoms with Crippen LogP contribution in [-0.4, -0.2) is 65.3 Å². The number of piperidine rings is 1. The first-order valence-corrected chi connectivity index (χ1v) is 11.1. The molecule has 5 rings (SSSR count). The van der Waals surface area contributed by atoms with E-state index >= 15 is 0 Å². The quantitative estimate of drug-likeness (QED) is 0.772. The van der Waals surface area contributed by atoms with Gasteiger partial charge in [0.25, 0.3) is 5.56 Å². The average Bonchev–Trinajstić information content (AvgIpc) is 3.15.